The van der Waals surface area contributed by atoms with E-state index in [4.69, 9.17) is 14.6 Å². The average Bonchev–Trinajstić information content (AvgIpc) is 3.26. The van der Waals surface area contributed by atoms with Gasteiger partial charge >= 0.3 is 5.97 Å². The Morgan fingerprint density at radius 3 is 2.79 bits per heavy atom. The lowest BCUT2D eigenvalue weighted by Crippen LogP contribution is -2.28. The van der Waals surface area contributed by atoms with E-state index >= 15 is 0 Å². The van der Waals surface area contributed by atoms with Crippen molar-refractivity contribution in [3.05, 3.63) is 56.9 Å². The Hall–Kier alpha value is -2.78. The number of likely N-dealkylation sites (N-methyl/N-ethyl adjacent to an activating group) is 1. The lowest BCUT2D eigenvalue weighted by Gasteiger charge is -2.12. The Bertz CT molecular complexity index is 1080. The number of carboxylic acids is 1. The highest BCUT2D eigenvalue weighted by Crippen LogP contribution is 2.40. The Morgan fingerprint density at radius 2 is 2.07 bits per heavy atom. The first-order valence-corrected chi connectivity index (χ1v) is 10.3. The molecule has 2 aliphatic rings. The lowest BCUT2D eigenvalue weighted by atomic mass is 10.2. The van der Waals surface area contributed by atoms with Crippen molar-refractivity contribution < 1.29 is 24.2 Å². The predicted octanol–water partition coefficient (Wildman–Crippen LogP) is 4.50. The van der Waals surface area contributed by atoms with E-state index in [1.165, 1.54) is 23.9 Å². The highest BCUT2D eigenvalue weighted by Gasteiger charge is 2.32. The molecule has 0 aromatic heterocycles. The third-order valence-corrected chi connectivity index (χ3v) is 5.99. The van der Waals surface area contributed by atoms with Gasteiger partial charge < -0.3 is 14.6 Å². The van der Waals surface area contributed by atoms with E-state index in [1.54, 1.807) is 23.1 Å². The highest BCUT2D eigenvalue weighted by atomic mass is 79.9. The summed E-state index contributed by atoms with van der Waals surface area (Å²) >= 11 is 4.74. The van der Waals surface area contributed by atoms with Gasteiger partial charge in [-0.3, -0.25) is 9.69 Å². The Balaban J connectivity index is 1.68. The van der Waals surface area contributed by atoms with Crippen molar-refractivity contribution >= 4 is 56.5 Å². The van der Waals surface area contributed by atoms with Crippen LogP contribution in [0.1, 0.15) is 22.8 Å². The van der Waals surface area contributed by atoms with Gasteiger partial charge in [-0.2, -0.15) is 0 Å². The third kappa shape index (κ3) is 3.88. The molecular formula is C20H15BrN2O5S. The number of aromatic carboxylic acids is 1. The Kier molecular flexibility index (Phi) is 5.33. The van der Waals surface area contributed by atoms with Gasteiger partial charge in [0.05, 0.1) is 16.2 Å². The highest BCUT2D eigenvalue weighted by molar-refractivity contribution is 9.10. The number of carboxylic acid groups (broad SMARTS) is 1. The number of carbonyl (C=O) groups excluding carboxylic acids is 1. The third-order valence-electron chi connectivity index (χ3n) is 4.30. The van der Waals surface area contributed by atoms with Crippen molar-refractivity contribution in [1.82, 2.24) is 4.90 Å². The van der Waals surface area contributed by atoms with Gasteiger partial charge in [-0.15, -0.1) is 0 Å². The topological polar surface area (TPSA) is 88.4 Å². The molecule has 9 heteroatoms. The summed E-state index contributed by atoms with van der Waals surface area (Å²) in [5, 5.41) is 9.66. The van der Waals surface area contributed by atoms with Crippen LogP contribution in [0.4, 0.5) is 5.69 Å². The fourth-order valence-corrected chi connectivity index (χ4v) is 4.36. The maximum absolute atomic E-state index is 12.9. The molecule has 29 heavy (non-hydrogen) atoms. The number of benzene rings is 2. The van der Waals surface area contributed by atoms with Gasteiger partial charge in [-0.1, -0.05) is 22.0 Å². The van der Waals surface area contributed by atoms with Crippen molar-refractivity contribution in [1.29, 1.82) is 0 Å². The van der Waals surface area contributed by atoms with Crippen molar-refractivity contribution in [2.75, 3.05) is 13.3 Å². The van der Waals surface area contributed by atoms with Crippen LogP contribution in [0.15, 0.2) is 50.8 Å². The molecule has 0 unspecified atom stereocenters. The fraction of sp³-hybridized carbons (Fsp3) is 0.150. The number of fused-ring (bicyclic) bond motifs is 1. The number of aliphatic imine (C=N–C) groups is 1. The monoisotopic (exact) mass is 474 g/mol. The molecular weight excluding hydrogens is 460 g/mol. The minimum absolute atomic E-state index is 0.143. The second-order valence-electron chi connectivity index (χ2n) is 6.14. The number of hydrogen-bond acceptors (Lipinski definition) is 6. The summed E-state index contributed by atoms with van der Waals surface area (Å²) in [5.41, 5.74) is 1.41. The second-order valence-corrected chi connectivity index (χ2v) is 8.00. The molecule has 1 saturated heterocycles. The number of thioether (sulfide) groups is 1. The summed E-state index contributed by atoms with van der Waals surface area (Å²) in [6, 6.07) is 9.93. The minimum atomic E-state index is -1.03. The number of ether oxygens (including phenoxy) is 2. The van der Waals surface area contributed by atoms with Gasteiger partial charge in [0.1, 0.15) is 0 Å². The van der Waals surface area contributed by atoms with Crippen LogP contribution in [0, 0.1) is 0 Å². The number of carbonyl (C=O) groups is 2. The normalized spacial score (nSPS) is 18.1. The molecule has 0 atom stereocenters. The van der Waals surface area contributed by atoms with Crippen LogP contribution in [0.2, 0.25) is 0 Å². The molecule has 2 aliphatic heterocycles. The first-order chi connectivity index (χ1) is 14.0. The molecule has 2 aromatic rings. The van der Waals surface area contributed by atoms with Crippen LogP contribution in [-0.4, -0.2) is 40.4 Å². The first kappa shape index (κ1) is 19.5. The van der Waals surface area contributed by atoms with Crippen LogP contribution in [0.5, 0.6) is 11.5 Å². The summed E-state index contributed by atoms with van der Waals surface area (Å²) in [6.07, 6.45) is 1.78. The van der Waals surface area contributed by atoms with E-state index in [-0.39, 0.29) is 18.3 Å². The van der Waals surface area contributed by atoms with Crippen LogP contribution < -0.4 is 9.47 Å². The van der Waals surface area contributed by atoms with E-state index in [9.17, 15) is 9.59 Å². The van der Waals surface area contributed by atoms with E-state index in [2.05, 4.69) is 20.9 Å². The largest absolute Gasteiger partial charge is 0.478 e. The number of halogens is 1. The molecule has 2 aromatic carbocycles. The molecule has 148 valence electrons. The number of amides is 1. The van der Waals surface area contributed by atoms with Gasteiger partial charge in [0.25, 0.3) is 5.91 Å². The van der Waals surface area contributed by atoms with E-state index in [0.717, 1.165) is 10.0 Å². The van der Waals surface area contributed by atoms with Crippen molar-refractivity contribution in [2.24, 2.45) is 4.99 Å². The molecule has 0 saturated carbocycles. The number of rotatable bonds is 4. The molecule has 0 radical (unpaired) electrons. The Labute approximate surface area is 179 Å². The SMILES string of the molecule is CCN1C(=O)C(=Cc2cc3c(cc2Br)OCO3)SC1=Nc1cccc(C(=O)O)c1. The van der Waals surface area contributed by atoms with Crippen molar-refractivity contribution in [2.45, 2.75) is 6.92 Å². The van der Waals surface area contributed by atoms with E-state index in [0.29, 0.717) is 33.8 Å². The standard InChI is InChI=1S/C20H15BrN2O5S/c1-2-23-18(24)17(8-12-7-15-16(9-14(12)21)28-10-27-15)29-20(23)22-13-5-3-4-11(6-13)19(25)26/h3-9H,2,10H2,1H3,(H,25,26). The molecule has 4 rings (SSSR count). The molecule has 0 spiro atoms. The molecule has 1 amide bonds. The summed E-state index contributed by atoms with van der Waals surface area (Å²) in [4.78, 5) is 30.6. The summed E-state index contributed by atoms with van der Waals surface area (Å²) in [7, 11) is 0. The zero-order chi connectivity index (χ0) is 20.5. The average molecular weight is 475 g/mol. The Morgan fingerprint density at radius 1 is 1.31 bits per heavy atom. The minimum Gasteiger partial charge on any atom is -0.478 e. The molecule has 7 nitrogen and oxygen atoms in total. The smallest absolute Gasteiger partial charge is 0.335 e. The van der Waals surface area contributed by atoms with Crippen LogP contribution >= 0.6 is 27.7 Å². The zero-order valence-corrected chi connectivity index (χ0v) is 17.6. The van der Waals surface area contributed by atoms with Crippen LogP contribution in [-0.2, 0) is 4.79 Å². The first-order valence-electron chi connectivity index (χ1n) is 8.69. The van der Waals surface area contributed by atoms with E-state index < -0.39 is 5.97 Å². The fourth-order valence-electron chi connectivity index (χ4n) is 2.87. The maximum Gasteiger partial charge on any atom is 0.335 e. The van der Waals surface area contributed by atoms with Gasteiger partial charge in [0.2, 0.25) is 6.79 Å². The predicted molar refractivity (Wildman–Crippen MR) is 114 cm³/mol. The lowest BCUT2D eigenvalue weighted by molar-refractivity contribution is -0.122. The molecule has 2 heterocycles. The van der Waals surface area contributed by atoms with Crippen LogP contribution in [0.3, 0.4) is 0 Å². The molecule has 1 N–H and O–H groups in total. The van der Waals surface area contributed by atoms with Gasteiger partial charge in [-0.25, -0.2) is 9.79 Å². The quantitative estimate of drug-likeness (QED) is 0.656. The van der Waals surface area contributed by atoms with Gasteiger partial charge in [-0.05, 0) is 60.7 Å². The maximum atomic E-state index is 12.9. The zero-order valence-electron chi connectivity index (χ0n) is 15.2. The van der Waals surface area contributed by atoms with Crippen molar-refractivity contribution in [3.8, 4) is 11.5 Å². The van der Waals surface area contributed by atoms with Crippen LogP contribution in [0.25, 0.3) is 6.08 Å². The number of amidine groups is 1. The number of hydrogen-bond donors (Lipinski definition) is 1. The van der Waals surface area contributed by atoms with Gasteiger partial charge in [0, 0.05) is 11.0 Å². The number of nitrogens with zero attached hydrogens (tertiary/aromatic N) is 2. The van der Waals surface area contributed by atoms with Crippen molar-refractivity contribution in [3.63, 3.8) is 0 Å². The molecule has 1 fully saturated rings. The van der Waals surface area contributed by atoms with E-state index in [1.807, 2.05) is 19.1 Å². The summed E-state index contributed by atoms with van der Waals surface area (Å²) < 4.78 is 11.6. The van der Waals surface area contributed by atoms with Gasteiger partial charge in [0.15, 0.2) is 16.7 Å². The summed E-state index contributed by atoms with van der Waals surface area (Å²) in [5.74, 6) is 0.0976. The molecule has 0 aliphatic carbocycles. The summed E-state index contributed by atoms with van der Waals surface area (Å²) in [6.45, 7) is 2.48. The second kappa shape index (κ2) is 7.92. The molecule has 0 bridgehead atoms.